The molecule has 0 atom stereocenters. The van der Waals surface area contributed by atoms with E-state index in [9.17, 15) is 13.2 Å². The maximum atomic E-state index is 11.0. The summed E-state index contributed by atoms with van der Waals surface area (Å²) in [5.41, 5.74) is 0. The minimum absolute atomic E-state index is 0. The molecule has 0 amide bonds. The molecule has 0 aromatic heterocycles. The molecule has 0 aromatic rings. The van der Waals surface area contributed by atoms with Crippen LogP contribution in [0.4, 0.5) is 0 Å². The Bertz CT molecular complexity index is 284. The van der Waals surface area contributed by atoms with Gasteiger partial charge in [0.05, 0.1) is 5.75 Å². The fourth-order valence-electron chi connectivity index (χ4n) is 0.572. The molecular weight excluding hydrogens is 298 g/mol. The summed E-state index contributed by atoms with van der Waals surface area (Å²) in [7, 11) is -3.71. The van der Waals surface area contributed by atoms with Crippen molar-refractivity contribution in [3.8, 4) is 0 Å². The van der Waals surface area contributed by atoms with Crippen molar-refractivity contribution in [3.05, 3.63) is 12.2 Å². The van der Waals surface area contributed by atoms with Crippen LogP contribution in [0.1, 0.15) is 13.3 Å². The van der Waals surface area contributed by atoms with Crippen LogP contribution in [0.2, 0.25) is 0 Å². The van der Waals surface area contributed by atoms with Gasteiger partial charge < -0.3 is 4.18 Å². The summed E-state index contributed by atoms with van der Waals surface area (Å²) in [5.74, 6) is -0.595. The quantitative estimate of drug-likeness (QED) is 0.445. The number of carbonyl (C=O) groups is 1. The van der Waals surface area contributed by atoms with E-state index in [1.807, 2.05) is 0 Å². The molecule has 0 aliphatic carbocycles. The van der Waals surface area contributed by atoms with Gasteiger partial charge in [-0.25, -0.2) is 4.79 Å². The van der Waals surface area contributed by atoms with E-state index in [1.165, 1.54) is 6.08 Å². The first-order chi connectivity index (χ1) is 6.02. The monoisotopic (exact) mass is 310 g/mol. The molecule has 4 nitrogen and oxygen atoms in total. The van der Waals surface area contributed by atoms with Crippen molar-refractivity contribution in [2.75, 3.05) is 11.5 Å². The van der Waals surface area contributed by atoms with Crippen molar-refractivity contribution in [1.29, 1.82) is 0 Å². The number of carbonyl (C=O) groups excluding carboxylic acids is 1. The van der Waals surface area contributed by atoms with Crippen LogP contribution < -0.4 is 0 Å². The minimum atomic E-state index is -3.71. The maximum absolute atomic E-state index is 11.0. The van der Waals surface area contributed by atoms with Gasteiger partial charge in [0.25, 0.3) is 0 Å². The fraction of sp³-hybridized carbons (Fsp3) is 0.571. The van der Waals surface area contributed by atoms with E-state index < -0.39 is 16.1 Å². The van der Waals surface area contributed by atoms with Crippen molar-refractivity contribution in [2.45, 2.75) is 13.3 Å². The third-order valence-corrected chi connectivity index (χ3v) is 2.59. The number of allylic oxidation sites excluding steroid dienone is 1. The summed E-state index contributed by atoms with van der Waals surface area (Å²) in [4.78, 5) is 10.7. The molecule has 0 rings (SSSR count). The van der Waals surface area contributed by atoms with E-state index in [4.69, 9.17) is 0 Å². The number of hydrogen-bond acceptors (Lipinski definition) is 5. The average molecular weight is 311 g/mol. The SMILES string of the molecule is CC=CC(=O)OS(=O)(=O)CCCS.[RbH]. The third kappa shape index (κ3) is 9.85. The first-order valence-electron chi connectivity index (χ1n) is 3.71. The normalized spacial score (nSPS) is 11.0. The molecule has 0 heterocycles. The van der Waals surface area contributed by atoms with Gasteiger partial charge in [-0.3, -0.25) is 0 Å². The summed E-state index contributed by atoms with van der Waals surface area (Å²) < 4.78 is 26.1. The van der Waals surface area contributed by atoms with Crippen molar-refractivity contribution in [3.63, 3.8) is 0 Å². The summed E-state index contributed by atoms with van der Waals surface area (Å²) >= 11 is 3.85. The molecule has 0 aliphatic heterocycles. The van der Waals surface area contributed by atoms with Crippen LogP contribution in [-0.2, 0) is 19.1 Å². The summed E-state index contributed by atoms with van der Waals surface area (Å²) in [6, 6.07) is 0. The number of hydrogen-bond donors (Lipinski definition) is 1. The van der Waals surface area contributed by atoms with E-state index in [1.54, 1.807) is 6.92 Å². The van der Waals surface area contributed by atoms with Gasteiger partial charge in [-0.05, 0) is 19.1 Å². The van der Waals surface area contributed by atoms with Crippen LogP contribution in [0.15, 0.2) is 12.2 Å². The fourth-order valence-corrected chi connectivity index (χ4v) is 1.83. The Morgan fingerprint density at radius 3 is 2.50 bits per heavy atom. The van der Waals surface area contributed by atoms with Crippen LogP contribution in [0.25, 0.3) is 0 Å². The Hall–Kier alpha value is 1.32. The van der Waals surface area contributed by atoms with Crippen molar-refractivity contribution in [2.24, 2.45) is 0 Å². The first-order valence-corrected chi connectivity index (χ1v) is 5.92. The van der Waals surface area contributed by atoms with Crippen LogP contribution in [0.3, 0.4) is 0 Å². The molecule has 0 bridgehead atoms. The third-order valence-electron chi connectivity index (χ3n) is 1.06. The Labute approximate surface area is 139 Å². The van der Waals surface area contributed by atoms with E-state index in [0.29, 0.717) is 12.2 Å². The Morgan fingerprint density at radius 1 is 1.50 bits per heavy atom. The van der Waals surface area contributed by atoms with Gasteiger partial charge in [-0.15, -0.1) is 0 Å². The van der Waals surface area contributed by atoms with Gasteiger partial charge in [-0.1, -0.05) is 6.08 Å². The molecule has 0 aliphatic rings. The molecule has 14 heavy (non-hydrogen) atoms. The molecule has 7 heteroatoms. The molecule has 0 fully saturated rings. The van der Waals surface area contributed by atoms with Gasteiger partial charge in [-0.2, -0.15) is 21.0 Å². The molecule has 0 unspecified atom stereocenters. The molecule has 0 aromatic carbocycles. The average Bonchev–Trinajstić information content (AvgIpc) is 2.00. The molecule has 0 saturated carbocycles. The van der Waals surface area contributed by atoms with Gasteiger partial charge in [0.2, 0.25) is 0 Å². The Balaban J connectivity index is 0. The first kappa shape index (κ1) is 17.7. The summed E-state index contributed by atoms with van der Waals surface area (Å²) in [6.45, 7) is 1.60. The zero-order valence-corrected chi connectivity index (χ0v) is 8.98. The van der Waals surface area contributed by atoms with Gasteiger partial charge in [0.1, 0.15) is 0 Å². The Morgan fingerprint density at radius 2 is 2.07 bits per heavy atom. The second-order valence-electron chi connectivity index (χ2n) is 2.24. The van der Waals surface area contributed by atoms with Crippen LogP contribution in [-0.4, -0.2) is 84.1 Å². The van der Waals surface area contributed by atoms with E-state index in [2.05, 4.69) is 16.8 Å². The topological polar surface area (TPSA) is 60.4 Å². The number of rotatable bonds is 5. The van der Waals surface area contributed by atoms with Crippen LogP contribution in [0, 0.1) is 0 Å². The summed E-state index contributed by atoms with van der Waals surface area (Å²) in [5, 5.41) is 0. The van der Waals surface area contributed by atoms with Crippen molar-refractivity contribution in [1.82, 2.24) is 0 Å². The standard InChI is InChI=1S/C7H12O4S2.Rb.H/c1-2-4-7(8)11-13(9,10)6-3-5-12;;/h2,4,12H,3,5-6H2,1H3;;. The zero-order valence-electron chi connectivity index (χ0n) is 7.26. The second-order valence-corrected chi connectivity index (χ2v) is 4.38. The van der Waals surface area contributed by atoms with Gasteiger partial charge in [0, 0.05) is 6.08 Å². The molecule has 0 N–H and O–H groups in total. The van der Waals surface area contributed by atoms with Gasteiger partial charge in [0.15, 0.2) is 0 Å². The van der Waals surface area contributed by atoms with Gasteiger partial charge >= 0.3 is 74.3 Å². The molecule has 0 spiro atoms. The van der Waals surface area contributed by atoms with Crippen molar-refractivity contribution >= 4 is 86.9 Å². The number of thiol groups is 1. The summed E-state index contributed by atoms with van der Waals surface area (Å²) in [6.07, 6.45) is 2.84. The van der Waals surface area contributed by atoms with Crippen LogP contribution in [0.5, 0.6) is 0 Å². The second kappa shape index (κ2) is 9.53. The van der Waals surface area contributed by atoms with Crippen LogP contribution >= 0.6 is 12.6 Å². The predicted molar refractivity (Wildman–Crippen MR) is 60.3 cm³/mol. The van der Waals surface area contributed by atoms with E-state index in [0.717, 1.165) is 6.08 Å². The van der Waals surface area contributed by atoms with Crippen molar-refractivity contribution < 1.29 is 17.4 Å². The zero-order chi connectivity index (χ0) is 10.3. The molecule has 0 radical (unpaired) electrons. The molecule has 78 valence electrons. The molecular formula is C7H13O4RbS2. The molecule has 0 saturated heterocycles. The predicted octanol–water partition coefficient (Wildman–Crippen LogP) is 0.107. The van der Waals surface area contributed by atoms with E-state index >= 15 is 0 Å². The van der Waals surface area contributed by atoms with E-state index in [-0.39, 0.29) is 63.9 Å². The Kier molecular flexibility index (Phi) is 12.1.